The summed E-state index contributed by atoms with van der Waals surface area (Å²) >= 11 is 5.31. The first-order valence-electron chi connectivity index (χ1n) is 7.28. The maximum Gasteiger partial charge on any atom is 0.176 e. The van der Waals surface area contributed by atoms with Gasteiger partial charge in [-0.15, -0.1) is 0 Å². The molecule has 114 valence electrons. The summed E-state index contributed by atoms with van der Waals surface area (Å²) in [6.45, 7) is 0. The summed E-state index contributed by atoms with van der Waals surface area (Å²) in [7, 11) is 0. The highest BCUT2D eigenvalue weighted by Crippen LogP contribution is 2.10. The lowest BCUT2D eigenvalue weighted by atomic mass is 10.1. The predicted molar refractivity (Wildman–Crippen MR) is 97.6 cm³/mol. The first-order chi connectivity index (χ1) is 11.3. The molecule has 1 heterocycles. The van der Waals surface area contributed by atoms with Crippen molar-refractivity contribution in [3.63, 3.8) is 0 Å². The standard InChI is InChI=1S/C18H16N4S/c23-18(20-15-9-5-2-6-10-15)22-16-11-12-19-17(21-16)13-14-7-3-1-4-8-14/h1-12H,13H2,(H2,19,20,21,22,23). The van der Waals surface area contributed by atoms with Crippen LogP contribution in [0.3, 0.4) is 0 Å². The van der Waals surface area contributed by atoms with Crippen LogP contribution in [0.2, 0.25) is 0 Å². The molecule has 0 aliphatic heterocycles. The second-order valence-corrected chi connectivity index (χ2v) is 5.37. The van der Waals surface area contributed by atoms with Crippen LogP contribution in [-0.4, -0.2) is 15.1 Å². The summed E-state index contributed by atoms with van der Waals surface area (Å²) in [5, 5.41) is 6.71. The number of nitrogens with one attached hydrogen (secondary N) is 2. The Bertz CT molecular complexity index is 775. The summed E-state index contributed by atoms with van der Waals surface area (Å²) in [6, 6.07) is 21.7. The van der Waals surface area contributed by atoms with Gasteiger partial charge in [0.15, 0.2) is 5.11 Å². The summed E-state index contributed by atoms with van der Waals surface area (Å²) < 4.78 is 0. The quantitative estimate of drug-likeness (QED) is 0.715. The predicted octanol–water partition coefficient (Wildman–Crippen LogP) is 3.88. The second kappa shape index (κ2) is 7.47. The van der Waals surface area contributed by atoms with E-state index >= 15 is 0 Å². The molecule has 1 aromatic heterocycles. The normalized spacial score (nSPS) is 10.1. The van der Waals surface area contributed by atoms with E-state index in [-0.39, 0.29) is 0 Å². The Morgan fingerprint density at radius 1 is 0.870 bits per heavy atom. The van der Waals surface area contributed by atoms with Gasteiger partial charge in [-0.1, -0.05) is 48.5 Å². The van der Waals surface area contributed by atoms with Crippen LogP contribution in [0.5, 0.6) is 0 Å². The number of aromatic nitrogens is 2. The lowest BCUT2D eigenvalue weighted by Gasteiger charge is -2.10. The van der Waals surface area contributed by atoms with Crippen molar-refractivity contribution in [3.05, 3.63) is 84.3 Å². The SMILES string of the molecule is S=C(Nc1ccccc1)Nc1ccnc(Cc2ccccc2)n1. The van der Waals surface area contributed by atoms with Gasteiger partial charge in [0.05, 0.1) is 0 Å². The molecule has 0 bridgehead atoms. The van der Waals surface area contributed by atoms with Crippen LogP contribution >= 0.6 is 12.2 Å². The van der Waals surface area contributed by atoms with E-state index < -0.39 is 0 Å². The van der Waals surface area contributed by atoms with Gasteiger partial charge in [-0.25, -0.2) is 9.97 Å². The highest BCUT2D eigenvalue weighted by Gasteiger charge is 2.03. The van der Waals surface area contributed by atoms with E-state index in [1.54, 1.807) is 12.3 Å². The van der Waals surface area contributed by atoms with Gasteiger partial charge >= 0.3 is 0 Å². The molecule has 0 spiro atoms. The highest BCUT2D eigenvalue weighted by molar-refractivity contribution is 7.80. The number of para-hydroxylation sites is 1. The molecule has 0 saturated carbocycles. The Labute approximate surface area is 140 Å². The van der Waals surface area contributed by atoms with E-state index in [0.717, 1.165) is 11.5 Å². The Morgan fingerprint density at radius 3 is 2.30 bits per heavy atom. The number of nitrogens with zero attached hydrogens (tertiary/aromatic N) is 2. The van der Waals surface area contributed by atoms with E-state index in [9.17, 15) is 0 Å². The van der Waals surface area contributed by atoms with Crippen molar-refractivity contribution in [1.29, 1.82) is 0 Å². The van der Waals surface area contributed by atoms with Crippen LogP contribution in [0.4, 0.5) is 11.5 Å². The number of anilines is 2. The molecule has 0 unspecified atom stereocenters. The topological polar surface area (TPSA) is 49.8 Å². The average Bonchev–Trinajstić information content (AvgIpc) is 2.57. The number of rotatable bonds is 4. The monoisotopic (exact) mass is 320 g/mol. The number of benzene rings is 2. The summed E-state index contributed by atoms with van der Waals surface area (Å²) in [6.07, 6.45) is 2.42. The van der Waals surface area contributed by atoms with Crippen molar-refractivity contribution >= 4 is 28.8 Å². The van der Waals surface area contributed by atoms with Gasteiger partial charge in [-0.2, -0.15) is 0 Å². The van der Waals surface area contributed by atoms with Crippen molar-refractivity contribution in [2.24, 2.45) is 0 Å². The molecule has 0 fully saturated rings. The number of hydrogen-bond acceptors (Lipinski definition) is 3. The molecule has 0 atom stereocenters. The molecule has 0 aliphatic rings. The van der Waals surface area contributed by atoms with E-state index in [0.29, 0.717) is 17.4 Å². The van der Waals surface area contributed by atoms with Crippen molar-refractivity contribution in [1.82, 2.24) is 9.97 Å². The fourth-order valence-corrected chi connectivity index (χ4v) is 2.35. The van der Waals surface area contributed by atoms with Crippen molar-refractivity contribution in [2.45, 2.75) is 6.42 Å². The van der Waals surface area contributed by atoms with E-state index in [4.69, 9.17) is 12.2 Å². The maximum absolute atomic E-state index is 5.31. The van der Waals surface area contributed by atoms with Crippen LogP contribution in [-0.2, 0) is 6.42 Å². The first-order valence-corrected chi connectivity index (χ1v) is 7.69. The minimum Gasteiger partial charge on any atom is -0.332 e. The Hall–Kier alpha value is -2.79. The largest absolute Gasteiger partial charge is 0.332 e. The molecular formula is C18H16N4S. The highest BCUT2D eigenvalue weighted by atomic mass is 32.1. The Morgan fingerprint density at radius 2 is 1.57 bits per heavy atom. The molecule has 0 amide bonds. The molecule has 23 heavy (non-hydrogen) atoms. The Balaban J connectivity index is 1.64. The molecular weight excluding hydrogens is 304 g/mol. The lowest BCUT2D eigenvalue weighted by Crippen LogP contribution is -2.20. The molecule has 0 saturated heterocycles. The van der Waals surface area contributed by atoms with Crippen LogP contribution in [0.1, 0.15) is 11.4 Å². The minimum atomic E-state index is 0.501. The fourth-order valence-electron chi connectivity index (χ4n) is 2.13. The Kier molecular flexibility index (Phi) is 4.91. The van der Waals surface area contributed by atoms with E-state index in [1.165, 1.54) is 5.56 Å². The molecule has 0 radical (unpaired) electrons. The molecule has 2 N–H and O–H groups in total. The van der Waals surface area contributed by atoms with Crippen LogP contribution < -0.4 is 10.6 Å². The lowest BCUT2D eigenvalue weighted by molar-refractivity contribution is 0.973. The third-order valence-corrected chi connectivity index (χ3v) is 3.39. The van der Waals surface area contributed by atoms with Crippen molar-refractivity contribution in [2.75, 3.05) is 10.6 Å². The zero-order chi connectivity index (χ0) is 15.9. The molecule has 0 aliphatic carbocycles. The summed E-state index contributed by atoms with van der Waals surface area (Å²) in [4.78, 5) is 8.81. The third-order valence-electron chi connectivity index (χ3n) is 3.18. The maximum atomic E-state index is 5.31. The second-order valence-electron chi connectivity index (χ2n) is 4.97. The average molecular weight is 320 g/mol. The molecule has 4 nitrogen and oxygen atoms in total. The molecule has 2 aromatic carbocycles. The smallest absolute Gasteiger partial charge is 0.176 e. The van der Waals surface area contributed by atoms with Crippen LogP contribution in [0.15, 0.2) is 72.9 Å². The summed E-state index contributed by atoms with van der Waals surface area (Å²) in [5.74, 6) is 1.43. The van der Waals surface area contributed by atoms with E-state index in [1.807, 2.05) is 48.5 Å². The molecule has 3 aromatic rings. The van der Waals surface area contributed by atoms with Gasteiger partial charge in [0.25, 0.3) is 0 Å². The third kappa shape index (κ3) is 4.59. The van der Waals surface area contributed by atoms with Gasteiger partial charge in [0.1, 0.15) is 11.6 Å². The van der Waals surface area contributed by atoms with Crippen molar-refractivity contribution < 1.29 is 0 Å². The van der Waals surface area contributed by atoms with Crippen LogP contribution in [0.25, 0.3) is 0 Å². The first kappa shape index (κ1) is 15.1. The van der Waals surface area contributed by atoms with Gasteiger partial charge in [0, 0.05) is 18.3 Å². The fraction of sp³-hybridized carbons (Fsp3) is 0.0556. The van der Waals surface area contributed by atoms with Gasteiger partial charge in [-0.3, -0.25) is 0 Å². The molecule has 5 heteroatoms. The van der Waals surface area contributed by atoms with Gasteiger partial charge in [0.2, 0.25) is 0 Å². The van der Waals surface area contributed by atoms with Crippen molar-refractivity contribution in [3.8, 4) is 0 Å². The minimum absolute atomic E-state index is 0.501. The molecule has 3 rings (SSSR count). The van der Waals surface area contributed by atoms with Gasteiger partial charge in [-0.05, 0) is 36.0 Å². The zero-order valence-corrected chi connectivity index (χ0v) is 13.3. The zero-order valence-electron chi connectivity index (χ0n) is 12.4. The number of hydrogen-bond donors (Lipinski definition) is 2. The van der Waals surface area contributed by atoms with E-state index in [2.05, 4.69) is 32.7 Å². The summed E-state index contributed by atoms with van der Waals surface area (Å²) in [5.41, 5.74) is 2.11. The number of thiocarbonyl (C=S) groups is 1. The van der Waals surface area contributed by atoms with Gasteiger partial charge < -0.3 is 10.6 Å². The van der Waals surface area contributed by atoms with Crippen LogP contribution in [0, 0.1) is 0 Å².